The van der Waals surface area contributed by atoms with Crippen LogP contribution in [0.3, 0.4) is 0 Å². The topological polar surface area (TPSA) is 89.0 Å². The van der Waals surface area contributed by atoms with E-state index in [0.29, 0.717) is 45.1 Å². The lowest BCUT2D eigenvalue weighted by atomic mass is 9.90. The molecule has 2 saturated heterocycles. The van der Waals surface area contributed by atoms with E-state index >= 15 is 0 Å². The first kappa shape index (κ1) is 24.3. The van der Waals surface area contributed by atoms with E-state index < -0.39 is 15.6 Å². The van der Waals surface area contributed by atoms with Gasteiger partial charge in [-0.3, -0.25) is 9.78 Å². The molecule has 0 atom stereocenters. The molecule has 37 heavy (non-hydrogen) atoms. The molecule has 1 amide bonds. The summed E-state index contributed by atoms with van der Waals surface area (Å²) >= 11 is 0. The Balaban J connectivity index is 1.16. The second kappa shape index (κ2) is 9.38. The minimum Gasteiger partial charge on any atom is -0.493 e. The Kier molecular flexibility index (Phi) is 6.17. The molecule has 8 nitrogen and oxygen atoms in total. The van der Waals surface area contributed by atoms with E-state index in [-0.39, 0.29) is 17.4 Å². The van der Waals surface area contributed by atoms with Crippen LogP contribution in [0.1, 0.15) is 32.6 Å². The summed E-state index contributed by atoms with van der Waals surface area (Å²) in [6.07, 6.45) is 5.03. The number of carbonyl (C=O) groups excluding carboxylic acids is 1. The number of sulfonamides is 1. The van der Waals surface area contributed by atoms with Crippen LogP contribution in [0.2, 0.25) is 0 Å². The average Bonchev–Trinajstić information content (AvgIpc) is 3.76. The Bertz CT molecular complexity index is 1430. The number of hydrogen-bond donors (Lipinski definition) is 0. The van der Waals surface area contributed by atoms with Crippen LogP contribution < -0.4 is 4.74 Å². The standard InChI is InChI=1S/C28H31N3O5S/c1-2-35-26-11-14-29-25-17-21(5-10-24(25)26)20-3-8-23(9-4-20)37(33,34)30-15-12-28(13-16-30)19-31(22-6-7-22)27(32)18-36-28/h3-5,8-11,14,17,22H,2,6-7,12-13,15-16,18-19H2,1H3. The van der Waals surface area contributed by atoms with Crippen molar-refractivity contribution in [3.63, 3.8) is 0 Å². The highest BCUT2D eigenvalue weighted by Crippen LogP contribution is 2.37. The van der Waals surface area contributed by atoms with Gasteiger partial charge in [0.1, 0.15) is 12.4 Å². The van der Waals surface area contributed by atoms with Crippen LogP contribution in [0, 0.1) is 0 Å². The van der Waals surface area contributed by atoms with Crippen LogP contribution in [-0.2, 0) is 19.6 Å². The SMILES string of the molecule is CCOc1ccnc2cc(-c3ccc(S(=O)(=O)N4CCC5(CC4)CN(C4CC4)C(=O)CO5)cc3)ccc12. The van der Waals surface area contributed by atoms with Crippen molar-refractivity contribution in [2.75, 3.05) is 32.8 Å². The molecule has 0 unspecified atom stereocenters. The molecule has 1 aliphatic carbocycles. The predicted octanol–water partition coefficient (Wildman–Crippen LogP) is 3.85. The number of pyridine rings is 1. The Morgan fingerprint density at radius 1 is 1.05 bits per heavy atom. The molecule has 1 saturated carbocycles. The fraction of sp³-hybridized carbons (Fsp3) is 0.429. The molecular weight excluding hydrogens is 490 g/mol. The summed E-state index contributed by atoms with van der Waals surface area (Å²) in [5, 5.41) is 0.946. The van der Waals surface area contributed by atoms with Crippen LogP contribution in [0.15, 0.2) is 59.6 Å². The summed E-state index contributed by atoms with van der Waals surface area (Å²) in [6.45, 7) is 3.98. The number of benzene rings is 2. The first-order chi connectivity index (χ1) is 17.9. The number of morpholine rings is 1. The fourth-order valence-electron chi connectivity index (χ4n) is 5.45. The molecule has 0 N–H and O–H groups in total. The van der Waals surface area contributed by atoms with E-state index in [9.17, 15) is 13.2 Å². The third-order valence-corrected chi connectivity index (χ3v) is 9.64. The fourth-order valence-corrected chi connectivity index (χ4v) is 6.89. The average molecular weight is 522 g/mol. The summed E-state index contributed by atoms with van der Waals surface area (Å²) in [5.41, 5.74) is 2.27. The van der Waals surface area contributed by atoms with Crippen molar-refractivity contribution in [3.8, 4) is 16.9 Å². The van der Waals surface area contributed by atoms with E-state index in [1.54, 1.807) is 22.6 Å². The Morgan fingerprint density at radius 3 is 2.49 bits per heavy atom. The van der Waals surface area contributed by atoms with Gasteiger partial charge in [0.25, 0.3) is 0 Å². The van der Waals surface area contributed by atoms with Gasteiger partial charge in [-0.2, -0.15) is 4.31 Å². The molecule has 3 aliphatic rings. The molecule has 3 fully saturated rings. The van der Waals surface area contributed by atoms with Gasteiger partial charge in [-0.05, 0) is 74.1 Å². The highest BCUT2D eigenvalue weighted by Gasteiger charge is 2.47. The highest BCUT2D eigenvalue weighted by molar-refractivity contribution is 7.89. The molecule has 2 aromatic carbocycles. The van der Waals surface area contributed by atoms with E-state index in [4.69, 9.17) is 9.47 Å². The van der Waals surface area contributed by atoms with Crippen molar-refractivity contribution in [2.24, 2.45) is 0 Å². The summed E-state index contributed by atoms with van der Waals surface area (Å²) in [7, 11) is -3.62. The second-order valence-electron chi connectivity index (χ2n) is 10.1. The van der Waals surface area contributed by atoms with Gasteiger partial charge in [0, 0.05) is 30.7 Å². The molecule has 2 aliphatic heterocycles. The van der Waals surface area contributed by atoms with Crippen molar-refractivity contribution in [1.29, 1.82) is 0 Å². The third kappa shape index (κ3) is 4.60. The number of fused-ring (bicyclic) bond motifs is 1. The summed E-state index contributed by atoms with van der Waals surface area (Å²) in [5.74, 6) is 0.856. The lowest BCUT2D eigenvalue weighted by Crippen LogP contribution is -2.59. The van der Waals surface area contributed by atoms with Crippen molar-refractivity contribution in [2.45, 2.75) is 49.1 Å². The van der Waals surface area contributed by atoms with Gasteiger partial charge >= 0.3 is 0 Å². The van der Waals surface area contributed by atoms with Crippen molar-refractivity contribution < 1.29 is 22.7 Å². The minimum atomic E-state index is -3.62. The van der Waals surface area contributed by atoms with Crippen molar-refractivity contribution in [1.82, 2.24) is 14.2 Å². The molecule has 1 aromatic heterocycles. The molecule has 6 rings (SSSR count). The number of amides is 1. The third-order valence-electron chi connectivity index (χ3n) is 7.73. The highest BCUT2D eigenvalue weighted by atomic mass is 32.2. The van der Waals surface area contributed by atoms with Gasteiger partial charge in [0.2, 0.25) is 15.9 Å². The van der Waals surface area contributed by atoms with Gasteiger partial charge in [0.15, 0.2) is 0 Å². The maximum Gasteiger partial charge on any atom is 0.248 e. The Hall–Kier alpha value is -3.01. The van der Waals surface area contributed by atoms with Crippen molar-refractivity contribution >= 4 is 26.8 Å². The lowest BCUT2D eigenvalue weighted by molar-refractivity contribution is -0.170. The molecule has 3 aromatic rings. The van der Waals surface area contributed by atoms with Gasteiger partial charge in [0.05, 0.1) is 29.2 Å². The summed E-state index contributed by atoms with van der Waals surface area (Å²) in [4.78, 5) is 18.9. The van der Waals surface area contributed by atoms with Gasteiger partial charge in [-0.25, -0.2) is 8.42 Å². The Morgan fingerprint density at radius 2 is 1.78 bits per heavy atom. The normalized spacial score (nSPS) is 20.5. The van der Waals surface area contributed by atoms with E-state index in [1.807, 2.05) is 48.2 Å². The maximum atomic E-state index is 13.4. The summed E-state index contributed by atoms with van der Waals surface area (Å²) < 4.78 is 40.1. The zero-order chi connectivity index (χ0) is 25.6. The predicted molar refractivity (Wildman–Crippen MR) is 140 cm³/mol. The quantitative estimate of drug-likeness (QED) is 0.490. The number of nitrogens with zero attached hydrogens (tertiary/aromatic N) is 3. The van der Waals surface area contributed by atoms with Crippen molar-refractivity contribution in [3.05, 3.63) is 54.7 Å². The maximum absolute atomic E-state index is 13.4. The number of rotatable bonds is 6. The van der Waals surface area contributed by atoms with Crippen LogP contribution in [0.25, 0.3) is 22.0 Å². The molecular formula is C28H31N3O5S. The van der Waals surface area contributed by atoms with E-state index in [2.05, 4.69) is 4.98 Å². The first-order valence-corrected chi connectivity index (χ1v) is 14.4. The molecule has 1 spiro atoms. The lowest BCUT2D eigenvalue weighted by Gasteiger charge is -2.46. The van der Waals surface area contributed by atoms with Crippen LogP contribution >= 0.6 is 0 Å². The number of carbonyl (C=O) groups is 1. The van der Waals surface area contributed by atoms with Crippen LogP contribution in [0.5, 0.6) is 5.75 Å². The van der Waals surface area contributed by atoms with Gasteiger partial charge in [-0.1, -0.05) is 18.2 Å². The number of piperidine rings is 1. The monoisotopic (exact) mass is 521 g/mol. The number of ether oxygens (including phenoxy) is 2. The number of hydrogen-bond acceptors (Lipinski definition) is 6. The van der Waals surface area contributed by atoms with Gasteiger partial charge < -0.3 is 14.4 Å². The smallest absolute Gasteiger partial charge is 0.248 e. The zero-order valence-corrected chi connectivity index (χ0v) is 21.7. The van der Waals surface area contributed by atoms with E-state index in [0.717, 1.165) is 40.6 Å². The van der Waals surface area contributed by atoms with Crippen LogP contribution in [0.4, 0.5) is 0 Å². The molecule has 9 heteroatoms. The molecule has 194 valence electrons. The Labute approximate surface area is 217 Å². The minimum absolute atomic E-state index is 0.0557. The molecule has 3 heterocycles. The molecule has 0 bridgehead atoms. The van der Waals surface area contributed by atoms with Crippen LogP contribution in [-0.4, -0.2) is 73.0 Å². The largest absolute Gasteiger partial charge is 0.493 e. The number of aromatic nitrogens is 1. The first-order valence-electron chi connectivity index (χ1n) is 12.9. The zero-order valence-electron chi connectivity index (χ0n) is 20.9. The molecule has 0 radical (unpaired) electrons. The second-order valence-corrected chi connectivity index (χ2v) is 12.1. The van der Waals surface area contributed by atoms with E-state index in [1.165, 1.54) is 0 Å². The summed E-state index contributed by atoms with van der Waals surface area (Å²) in [6, 6.07) is 15.2. The van der Waals surface area contributed by atoms with Gasteiger partial charge in [-0.15, -0.1) is 0 Å².